The zero-order chi connectivity index (χ0) is 20.4. The minimum Gasteiger partial charge on any atom is -0.427 e. The lowest BCUT2D eigenvalue weighted by molar-refractivity contribution is -0.131. The van der Waals surface area contributed by atoms with Crippen LogP contribution in [0.5, 0.6) is 5.75 Å². The first-order chi connectivity index (χ1) is 14.0. The van der Waals surface area contributed by atoms with Crippen molar-refractivity contribution in [1.29, 1.82) is 0 Å². The molecule has 0 saturated carbocycles. The van der Waals surface area contributed by atoms with Crippen molar-refractivity contribution >= 4 is 38.6 Å². The van der Waals surface area contributed by atoms with Crippen molar-refractivity contribution < 1.29 is 14.3 Å². The van der Waals surface area contributed by atoms with Crippen molar-refractivity contribution in [2.24, 2.45) is 0 Å². The third kappa shape index (κ3) is 4.33. The van der Waals surface area contributed by atoms with Crippen LogP contribution < -0.4 is 10.1 Å². The van der Waals surface area contributed by atoms with E-state index in [1.807, 2.05) is 43.3 Å². The number of rotatable bonds is 4. The molecule has 1 aromatic heterocycles. The van der Waals surface area contributed by atoms with Gasteiger partial charge in [0.25, 0.3) is 5.91 Å². The second kappa shape index (κ2) is 7.85. The fraction of sp³-hybridized carbons (Fsp3) is 0.0870. The summed E-state index contributed by atoms with van der Waals surface area (Å²) in [5, 5.41) is 3.46. The third-order valence-electron chi connectivity index (χ3n) is 4.36. The Morgan fingerprint density at radius 3 is 2.24 bits per heavy atom. The summed E-state index contributed by atoms with van der Waals surface area (Å²) in [6, 6.07) is 20.6. The Labute approximate surface area is 172 Å². The van der Waals surface area contributed by atoms with E-state index in [-0.39, 0.29) is 11.9 Å². The molecule has 0 aliphatic rings. The highest BCUT2D eigenvalue weighted by molar-refractivity contribution is 7.22. The molecule has 4 rings (SSSR count). The maximum Gasteiger partial charge on any atom is 0.308 e. The summed E-state index contributed by atoms with van der Waals surface area (Å²) < 4.78 is 6.09. The second-order valence-corrected chi connectivity index (χ2v) is 7.67. The van der Waals surface area contributed by atoms with Gasteiger partial charge in [-0.15, -0.1) is 0 Å². The molecular formula is C23H18N2O3S. The minimum atomic E-state index is -0.351. The van der Waals surface area contributed by atoms with Crippen LogP contribution in [0.2, 0.25) is 0 Å². The molecule has 0 aliphatic heterocycles. The zero-order valence-corrected chi connectivity index (χ0v) is 16.7. The highest BCUT2D eigenvalue weighted by Gasteiger charge is 2.10. The molecule has 1 heterocycles. The quantitative estimate of drug-likeness (QED) is 0.364. The van der Waals surface area contributed by atoms with Crippen LogP contribution in [0.25, 0.3) is 21.3 Å². The fourth-order valence-corrected chi connectivity index (χ4v) is 3.91. The molecular weight excluding hydrogens is 384 g/mol. The van der Waals surface area contributed by atoms with Gasteiger partial charge in [0, 0.05) is 12.5 Å². The number of hydrogen-bond donors (Lipinski definition) is 1. The molecule has 6 heteroatoms. The lowest BCUT2D eigenvalue weighted by atomic mass is 10.0. The van der Waals surface area contributed by atoms with E-state index < -0.39 is 0 Å². The molecule has 5 nitrogen and oxygen atoms in total. The Hall–Kier alpha value is -3.51. The standard InChI is InChI=1S/C23H18N2O3S/c1-14-3-12-20-21(13-14)29-23(24-20)25-22(27)18-6-4-16(5-7-18)17-8-10-19(11-9-17)28-15(2)26/h3-13H,1-2H3,(H,24,25,27). The van der Waals surface area contributed by atoms with E-state index in [4.69, 9.17) is 4.74 Å². The number of ether oxygens (including phenoxy) is 1. The summed E-state index contributed by atoms with van der Waals surface area (Å²) in [5.74, 6) is -0.0443. The fourth-order valence-electron chi connectivity index (χ4n) is 2.95. The molecule has 0 atom stereocenters. The maximum absolute atomic E-state index is 12.6. The smallest absolute Gasteiger partial charge is 0.308 e. The van der Waals surface area contributed by atoms with Crippen molar-refractivity contribution in [3.8, 4) is 16.9 Å². The Kier molecular flexibility index (Phi) is 5.10. The monoisotopic (exact) mass is 402 g/mol. The summed E-state index contributed by atoms with van der Waals surface area (Å²) in [5.41, 5.74) is 4.53. The van der Waals surface area contributed by atoms with Gasteiger partial charge in [0.2, 0.25) is 0 Å². The Morgan fingerprint density at radius 1 is 0.931 bits per heavy atom. The van der Waals surface area contributed by atoms with Gasteiger partial charge in [-0.1, -0.05) is 41.7 Å². The molecule has 0 radical (unpaired) electrons. The molecule has 0 saturated heterocycles. The zero-order valence-electron chi connectivity index (χ0n) is 15.9. The average Bonchev–Trinajstić information content (AvgIpc) is 3.09. The van der Waals surface area contributed by atoms with Crippen LogP contribution in [0.1, 0.15) is 22.8 Å². The van der Waals surface area contributed by atoms with Gasteiger partial charge < -0.3 is 4.74 Å². The number of nitrogens with one attached hydrogen (secondary N) is 1. The molecule has 4 aromatic rings. The van der Waals surface area contributed by atoms with Crippen molar-refractivity contribution in [1.82, 2.24) is 4.98 Å². The lowest BCUT2D eigenvalue weighted by Crippen LogP contribution is -2.11. The van der Waals surface area contributed by atoms with Gasteiger partial charge in [-0.05, 0) is 60.0 Å². The van der Waals surface area contributed by atoms with Crippen LogP contribution in [0.15, 0.2) is 66.7 Å². The number of amides is 1. The molecule has 1 N–H and O–H groups in total. The third-order valence-corrected chi connectivity index (χ3v) is 5.29. The Morgan fingerprint density at radius 2 is 1.59 bits per heavy atom. The van der Waals surface area contributed by atoms with E-state index in [0.717, 1.165) is 26.9 Å². The summed E-state index contributed by atoms with van der Waals surface area (Å²) in [4.78, 5) is 28.0. The number of anilines is 1. The highest BCUT2D eigenvalue weighted by Crippen LogP contribution is 2.27. The minimum absolute atomic E-state index is 0.197. The van der Waals surface area contributed by atoms with Gasteiger partial charge in [-0.2, -0.15) is 0 Å². The number of benzene rings is 3. The number of esters is 1. The number of nitrogens with zero attached hydrogens (tertiary/aromatic N) is 1. The first-order valence-corrected chi connectivity index (χ1v) is 9.87. The number of hydrogen-bond acceptors (Lipinski definition) is 5. The van der Waals surface area contributed by atoms with Gasteiger partial charge in [0.15, 0.2) is 5.13 Å². The average molecular weight is 402 g/mol. The van der Waals surface area contributed by atoms with Crippen molar-refractivity contribution in [3.05, 3.63) is 77.9 Å². The van der Waals surface area contributed by atoms with Crippen molar-refractivity contribution in [2.75, 3.05) is 5.32 Å². The molecule has 3 aromatic carbocycles. The van der Waals surface area contributed by atoms with Crippen molar-refractivity contribution in [3.63, 3.8) is 0 Å². The van der Waals surface area contributed by atoms with Crippen molar-refractivity contribution in [2.45, 2.75) is 13.8 Å². The molecule has 0 unspecified atom stereocenters. The summed E-state index contributed by atoms with van der Waals surface area (Å²) in [6.45, 7) is 3.40. The number of aryl methyl sites for hydroxylation is 1. The van der Waals surface area contributed by atoms with Crippen LogP contribution in [0.3, 0.4) is 0 Å². The van der Waals surface area contributed by atoms with Gasteiger partial charge in [0.1, 0.15) is 5.75 Å². The first-order valence-electron chi connectivity index (χ1n) is 9.05. The van der Waals surface area contributed by atoms with E-state index >= 15 is 0 Å². The number of thiazole rings is 1. The number of carbonyl (C=O) groups excluding carboxylic acids is 2. The molecule has 0 spiro atoms. The topological polar surface area (TPSA) is 68.3 Å². The summed E-state index contributed by atoms with van der Waals surface area (Å²) in [7, 11) is 0. The predicted octanol–water partition coefficient (Wildman–Crippen LogP) is 5.45. The molecule has 144 valence electrons. The second-order valence-electron chi connectivity index (χ2n) is 6.64. The number of fused-ring (bicyclic) bond motifs is 1. The maximum atomic E-state index is 12.6. The van der Waals surface area contributed by atoms with Gasteiger partial charge >= 0.3 is 5.97 Å². The lowest BCUT2D eigenvalue weighted by Gasteiger charge is -2.06. The molecule has 1 amide bonds. The van der Waals surface area contributed by atoms with E-state index in [2.05, 4.69) is 16.4 Å². The van der Waals surface area contributed by atoms with E-state index in [0.29, 0.717) is 16.4 Å². The van der Waals surface area contributed by atoms with Crippen LogP contribution >= 0.6 is 11.3 Å². The Bertz CT molecular complexity index is 1200. The molecule has 0 fully saturated rings. The van der Waals surface area contributed by atoms with Crippen LogP contribution in [0.4, 0.5) is 5.13 Å². The highest BCUT2D eigenvalue weighted by atomic mass is 32.1. The van der Waals surface area contributed by atoms with Gasteiger partial charge in [-0.3, -0.25) is 14.9 Å². The largest absolute Gasteiger partial charge is 0.427 e. The van der Waals surface area contributed by atoms with Gasteiger partial charge in [0.05, 0.1) is 10.2 Å². The van der Waals surface area contributed by atoms with E-state index in [1.165, 1.54) is 18.3 Å². The number of carbonyl (C=O) groups is 2. The van der Waals surface area contributed by atoms with Crippen LogP contribution in [-0.4, -0.2) is 16.9 Å². The Balaban J connectivity index is 1.47. The summed E-state index contributed by atoms with van der Waals surface area (Å²) >= 11 is 1.46. The molecule has 29 heavy (non-hydrogen) atoms. The number of aromatic nitrogens is 1. The van der Waals surface area contributed by atoms with Gasteiger partial charge in [-0.25, -0.2) is 4.98 Å². The predicted molar refractivity (Wildman–Crippen MR) is 115 cm³/mol. The molecule has 0 aliphatic carbocycles. The normalized spacial score (nSPS) is 10.7. The molecule has 0 bridgehead atoms. The van der Waals surface area contributed by atoms with E-state index in [9.17, 15) is 9.59 Å². The van der Waals surface area contributed by atoms with Crippen LogP contribution in [0, 0.1) is 6.92 Å². The summed E-state index contributed by atoms with van der Waals surface area (Å²) in [6.07, 6.45) is 0. The SMILES string of the molecule is CC(=O)Oc1ccc(-c2ccc(C(=O)Nc3nc4ccc(C)cc4s3)cc2)cc1. The first kappa shape index (κ1) is 18.8. The van der Waals surface area contributed by atoms with Crippen LogP contribution in [-0.2, 0) is 4.79 Å². The van der Waals surface area contributed by atoms with E-state index in [1.54, 1.807) is 24.3 Å².